The lowest BCUT2D eigenvalue weighted by molar-refractivity contribution is -0.118. The van der Waals surface area contributed by atoms with Crippen LogP contribution in [-0.4, -0.2) is 31.4 Å². The SMILES string of the molecule is CCOc1cc(C=NNC(=O)Nc2ccccc2C)cc(Br)c1OCC(=O)Nc1ccc(C)cc1. The highest BCUT2D eigenvalue weighted by Crippen LogP contribution is 2.36. The van der Waals surface area contributed by atoms with Gasteiger partial charge in [0.05, 0.1) is 17.3 Å². The number of hydrogen-bond acceptors (Lipinski definition) is 5. The van der Waals surface area contributed by atoms with Crippen LogP contribution in [0.3, 0.4) is 0 Å². The van der Waals surface area contributed by atoms with E-state index in [0.29, 0.717) is 39.5 Å². The molecule has 0 aliphatic carbocycles. The van der Waals surface area contributed by atoms with Crippen molar-refractivity contribution in [1.82, 2.24) is 5.43 Å². The molecule has 9 heteroatoms. The largest absolute Gasteiger partial charge is 0.490 e. The number of nitrogens with zero attached hydrogens (tertiary/aromatic N) is 1. The van der Waals surface area contributed by atoms with E-state index in [1.165, 1.54) is 6.21 Å². The zero-order chi connectivity index (χ0) is 25.2. The number of urea groups is 1. The van der Waals surface area contributed by atoms with Gasteiger partial charge < -0.3 is 20.1 Å². The highest BCUT2D eigenvalue weighted by Gasteiger charge is 2.14. The second-order valence-electron chi connectivity index (χ2n) is 7.60. The van der Waals surface area contributed by atoms with Crippen LogP contribution >= 0.6 is 15.9 Å². The molecule has 3 N–H and O–H groups in total. The lowest BCUT2D eigenvalue weighted by atomic mass is 10.2. The van der Waals surface area contributed by atoms with E-state index in [4.69, 9.17) is 9.47 Å². The van der Waals surface area contributed by atoms with Crippen LogP contribution in [0, 0.1) is 13.8 Å². The van der Waals surface area contributed by atoms with Crippen molar-refractivity contribution >= 4 is 45.5 Å². The average molecular weight is 539 g/mol. The molecule has 3 amide bonds. The Morgan fingerprint density at radius 3 is 2.46 bits per heavy atom. The quantitative estimate of drug-likeness (QED) is 0.242. The fourth-order valence-corrected chi connectivity index (χ4v) is 3.64. The van der Waals surface area contributed by atoms with Gasteiger partial charge in [-0.3, -0.25) is 4.79 Å². The fourth-order valence-electron chi connectivity index (χ4n) is 3.07. The van der Waals surface area contributed by atoms with Gasteiger partial charge in [0.25, 0.3) is 5.91 Å². The molecule has 0 bridgehead atoms. The summed E-state index contributed by atoms with van der Waals surface area (Å²) >= 11 is 3.47. The highest BCUT2D eigenvalue weighted by atomic mass is 79.9. The topological polar surface area (TPSA) is 101 Å². The monoisotopic (exact) mass is 538 g/mol. The van der Waals surface area contributed by atoms with Gasteiger partial charge in [-0.2, -0.15) is 5.10 Å². The molecule has 8 nitrogen and oxygen atoms in total. The van der Waals surface area contributed by atoms with Gasteiger partial charge in [0.2, 0.25) is 0 Å². The Bertz CT molecular complexity index is 1210. The summed E-state index contributed by atoms with van der Waals surface area (Å²) in [4.78, 5) is 24.4. The first-order valence-corrected chi connectivity index (χ1v) is 11.8. The molecular weight excluding hydrogens is 512 g/mol. The Morgan fingerprint density at radius 2 is 1.74 bits per heavy atom. The maximum Gasteiger partial charge on any atom is 0.339 e. The van der Waals surface area contributed by atoms with Crippen LogP contribution in [0.5, 0.6) is 11.5 Å². The number of hydrogen-bond donors (Lipinski definition) is 3. The Hall–Kier alpha value is -3.85. The normalized spacial score (nSPS) is 10.6. The van der Waals surface area contributed by atoms with Gasteiger partial charge in [-0.25, -0.2) is 10.2 Å². The average Bonchev–Trinajstić information content (AvgIpc) is 2.82. The number of rotatable bonds is 9. The standard InChI is InChI=1S/C26H27BrN4O4/c1-4-34-23-14-19(15-28-31-26(33)30-22-8-6-5-7-18(22)3)13-21(27)25(23)35-16-24(32)29-20-11-9-17(2)10-12-20/h5-15H,4,16H2,1-3H3,(H,29,32)(H2,30,31,33). The van der Waals surface area contributed by atoms with E-state index >= 15 is 0 Å². The van der Waals surface area contributed by atoms with Crippen molar-refractivity contribution in [3.8, 4) is 11.5 Å². The van der Waals surface area contributed by atoms with Crippen molar-refractivity contribution < 1.29 is 19.1 Å². The predicted octanol–water partition coefficient (Wildman–Crippen LogP) is 5.64. The molecular formula is C26H27BrN4O4. The predicted molar refractivity (Wildman–Crippen MR) is 142 cm³/mol. The van der Waals surface area contributed by atoms with Gasteiger partial charge in [0, 0.05) is 11.4 Å². The van der Waals surface area contributed by atoms with E-state index in [1.807, 2.05) is 69.3 Å². The molecule has 3 rings (SSSR count). The molecule has 0 aromatic heterocycles. The summed E-state index contributed by atoms with van der Waals surface area (Å²) in [6.07, 6.45) is 1.48. The van der Waals surface area contributed by atoms with E-state index < -0.39 is 6.03 Å². The molecule has 3 aromatic rings. The molecule has 0 aliphatic heterocycles. The van der Waals surface area contributed by atoms with Crippen molar-refractivity contribution in [1.29, 1.82) is 0 Å². The Morgan fingerprint density at radius 1 is 1.00 bits per heavy atom. The molecule has 0 saturated carbocycles. The molecule has 0 heterocycles. The molecule has 35 heavy (non-hydrogen) atoms. The summed E-state index contributed by atoms with van der Waals surface area (Å²) < 4.78 is 12.0. The maximum atomic E-state index is 12.3. The molecule has 0 saturated heterocycles. The van der Waals surface area contributed by atoms with Gasteiger partial charge in [0.1, 0.15) is 0 Å². The smallest absolute Gasteiger partial charge is 0.339 e. The number of anilines is 2. The summed E-state index contributed by atoms with van der Waals surface area (Å²) in [7, 11) is 0. The van der Waals surface area contributed by atoms with Gasteiger partial charge in [-0.1, -0.05) is 35.9 Å². The summed E-state index contributed by atoms with van der Waals surface area (Å²) in [5.41, 5.74) is 6.55. The summed E-state index contributed by atoms with van der Waals surface area (Å²) in [6, 6.07) is 18.0. The van der Waals surface area contributed by atoms with Crippen LogP contribution in [0.1, 0.15) is 23.6 Å². The van der Waals surface area contributed by atoms with Gasteiger partial charge in [0.15, 0.2) is 18.1 Å². The molecule has 182 valence electrons. The summed E-state index contributed by atoms with van der Waals surface area (Å²) in [5.74, 6) is 0.543. The maximum absolute atomic E-state index is 12.3. The van der Waals surface area contributed by atoms with Crippen molar-refractivity contribution in [2.45, 2.75) is 20.8 Å². The third-order valence-electron chi connectivity index (χ3n) is 4.79. The number of amides is 3. The van der Waals surface area contributed by atoms with Crippen molar-refractivity contribution in [3.05, 3.63) is 81.8 Å². The number of benzene rings is 3. The van der Waals surface area contributed by atoms with Crippen LogP contribution in [0.2, 0.25) is 0 Å². The number of carbonyl (C=O) groups is 2. The molecule has 0 fully saturated rings. The summed E-state index contributed by atoms with van der Waals surface area (Å²) in [6.45, 7) is 5.93. The molecule has 3 aromatic carbocycles. The molecule has 0 atom stereocenters. The van der Waals surface area contributed by atoms with E-state index in [-0.39, 0.29) is 12.5 Å². The zero-order valence-corrected chi connectivity index (χ0v) is 21.3. The van der Waals surface area contributed by atoms with Crippen LogP contribution < -0.4 is 25.5 Å². The minimum absolute atomic E-state index is 0.194. The van der Waals surface area contributed by atoms with Crippen molar-refractivity contribution in [3.63, 3.8) is 0 Å². The molecule has 0 aliphatic rings. The van der Waals surface area contributed by atoms with Crippen LogP contribution in [0.4, 0.5) is 16.2 Å². The van der Waals surface area contributed by atoms with Crippen LogP contribution in [0.15, 0.2) is 70.2 Å². The minimum atomic E-state index is -0.459. The number of carbonyl (C=O) groups excluding carboxylic acids is 2. The first-order valence-electron chi connectivity index (χ1n) is 11.0. The van der Waals surface area contributed by atoms with E-state index in [1.54, 1.807) is 12.1 Å². The van der Waals surface area contributed by atoms with Gasteiger partial charge >= 0.3 is 6.03 Å². The third-order valence-corrected chi connectivity index (χ3v) is 5.38. The number of nitrogens with one attached hydrogen (secondary N) is 3. The first-order chi connectivity index (χ1) is 16.9. The number of hydrazone groups is 1. The van der Waals surface area contributed by atoms with Crippen molar-refractivity contribution in [2.75, 3.05) is 23.8 Å². The van der Waals surface area contributed by atoms with Crippen molar-refractivity contribution in [2.24, 2.45) is 5.10 Å². The van der Waals surface area contributed by atoms with Gasteiger partial charge in [-0.05, 0) is 78.2 Å². The second-order valence-corrected chi connectivity index (χ2v) is 8.46. The highest BCUT2D eigenvalue weighted by molar-refractivity contribution is 9.10. The Kier molecular flexibility index (Phi) is 9.25. The van der Waals surface area contributed by atoms with E-state index in [9.17, 15) is 9.59 Å². The number of ether oxygens (including phenoxy) is 2. The third kappa shape index (κ3) is 7.86. The molecule has 0 spiro atoms. The van der Waals surface area contributed by atoms with E-state index in [2.05, 4.69) is 37.1 Å². The van der Waals surface area contributed by atoms with Gasteiger partial charge in [-0.15, -0.1) is 0 Å². The number of para-hydroxylation sites is 1. The van der Waals surface area contributed by atoms with Crippen LogP contribution in [-0.2, 0) is 4.79 Å². The lowest BCUT2D eigenvalue weighted by Crippen LogP contribution is -2.24. The summed E-state index contributed by atoms with van der Waals surface area (Å²) in [5, 5.41) is 9.53. The Labute approximate surface area is 212 Å². The van der Waals surface area contributed by atoms with Crippen LogP contribution in [0.25, 0.3) is 0 Å². The second kappa shape index (κ2) is 12.6. The number of aryl methyl sites for hydroxylation is 2. The molecule has 0 radical (unpaired) electrons. The zero-order valence-electron chi connectivity index (χ0n) is 19.7. The van der Waals surface area contributed by atoms with E-state index in [0.717, 1.165) is 11.1 Å². The Balaban J connectivity index is 1.62. The fraction of sp³-hybridized carbons (Fsp3) is 0.192. The first kappa shape index (κ1) is 25.8. The minimum Gasteiger partial charge on any atom is -0.490 e. The number of halogens is 1. The molecule has 0 unspecified atom stereocenters. The lowest BCUT2D eigenvalue weighted by Gasteiger charge is -2.14.